The second-order valence-corrected chi connectivity index (χ2v) is 3.70. The number of carboxylic acid groups (broad SMARTS) is 1. The van der Waals surface area contributed by atoms with Gasteiger partial charge in [0.25, 0.3) is 0 Å². The number of hydrogen-bond donors (Lipinski definition) is 1. The summed E-state index contributed by atoms with van der Waals surface area (Å²) in [5.41, 5.74) is -0.536. The molecule has 0 aromatic rings. The highest BCUT2D eigenvalue weighted by molar-refractivity contribution is 5.72. The van der Waals surface area contributed by atoms with Gasteiger partial charge in [0.2, 0.25) is 0 Å². The van der Waals surface area contributed by atoms with Crippen LogP contribution in [0.15, 0.2) is 0 Å². The molecule has 0 rings (SSSR count). The zero-order valence-corrected chi connectivity index (χ0v) is 7.87. The summed E-state index contributed by atoms with van der Waals surface area (Å²) in [6.07, 6.45) is -0.443. The first kappa shape index (κ1) is 10.9. The lowest BCUT2D eigenvalue weighted by Gasteiger charge is -2.35. The van der Waals surface area contributed by atoms with Crippen LogP contribution in [0.1, 0.15) is 27.7 Å². The molecule has 0 fully saturated rings. The summed E-state index contributed by atoms with van der Waals surface area (Å²) >= 11 is 0. The molecule has 70 valence electrons. The van der Waals surface area contributed by atoms with Gasteiger partial charge in [0.05, 0.1) is 6.04 Å². The molecule has 1 atom stereocenters. The van der Waals surface area contributed by atoms with Gasteiger partial charge in [-0.25, -0.2) is 4.79 Å². The standard InChI is InChI=1S/C8H15NO3/c1-6(5-10)9(7(11)12)8(2,3)4/h5-6H,1-4H3,(H,11,12)/t6-/m0/s1. The van der Waals surface area contributed by atoms with Gasteiger partial charge >= 0.3 is 6.09 Å². The molecular formula is C8H15NO3. The highest BCUT2D eigenvalue weighted by Gasteiger charge is 2.30. The average Bonchev–Trinajstić information content (AvgIpc) is 1.83. The first-order chi connectivity index (χ1) is 5.30. The lowest BCUT2D eigenvalue weighted by Crippen LogP contribution is -2.50. The van der Waals surface area contributed by atoms with E-state index in [9.17, 15) is 9.59 Å². The maximum absolute atomic E-state index is 10.7. The lowest BCUT2D eigenvalue weighted by atomic mass is 10.0. The topological polar surface area (TPSA) is 57.6 Å². The van der Waals surface area contributed by atoms with E-state index in [1.54, 1.807) is 27.7 Å². The van der Waals surface area contributed by atoms with Crippen molar-refractivity contribution in [3.63, 3.8) is 0 Å². The van der Waals surface area contributed by atoms with Crippen molar-refractivity contribution < 1.29 is 14.7 Å². The Morgan fingerprint density at radius 1 is 1.50 bits per heavy atom. The molecule has 12 heavy (non-hydrogen) atoms. The largest absolute Gasteiger partial charge is 0.465 e. The third kappa shape index (κ3) is 2.53. The van der Waals surface area contributed by atoms with Gasteiger partial charge < -0.3 is 9.90 Å². The van der Waals surface area contributed by atoms with E-state index >= 15 is 0 Å². The molecular weight excluding hydrogens is 158 g/mol. The lowest BCUT2D eigenvalue weighted by molar-refractivity contribution is -0.112. The summed E-state index contributed by atoms with van der Waals surface area (Å²) in [4.78, 5) is 22.2. The summed E-state index contributed by atoms with van der Waals surface area (Å²) in [6, 6.07) is -0.595. The van der Waals surface area contributed by atoms with Gasteiger partial charge in [-0.2, -0.15) is 0 Å². The number of carbonyl (C=O) groups is 2. The van der Waals surface area contributed by atoms with Crippen LogP contribution in [0.2, 0.25) is 0 Å². The molecule has 4 nitrogen and oxygen atoms in total. The summed E-state index contributed by atoms with van der Waals surface area (Å²) in [6.45, 7) is 6.82. The van der Waals surface area contributed by atoms with Crippen molar-refractivity contribution >= 4 is 12.4 Å². The second-order valence-electron chi connectivity index (χ2n) is 3.70. The molecule has 0 saturated heterocycles. The molecule has 0 aliphatic heterocycles. The molecule has 0 aromatic heterocycles. The fraction of sp³-hybridized carbons (Fsp3) is 0.750. The SMILES string of the molecule is C[C@@H](C=O)N(C(=O)O)C(C)(C)C. The predicted octanol–water partition coefficient (Wildman–Crippen LogP) is 1.35. The molecule has 0 bridgehead atoms. The molecule has 0 aliphatic carbocycles. The maximum atomic E-state index is 10.7. The van der Waals surface area contributed by atoms with E-state index in [2.05, 4.69) is 0 Å². The monoisotopic (exact) mass is 173 g/mol. The number of carbonyl (C=O) groups excluding carboxylic acids is 1. The number of nitrogens with zero attached hydrogens (tertiary/aromatic N) is 1. The molecule has 0 aliphatic rings. The van der Waals surface area contributed by atoms with Crippen molar-refractivity contribution in [3.8, 4) is 0 Å². The second kappa shape index (κ2) is 3.56. The van der Waals surface area contributed by atoms with Crippen molar-refractivity contribution in [2.75, 3.05) is 0 Å². The summed E-state index contributed by atoms with van der Waals surface area (Å²) < 4.78 is 0. The highest BCUT2D eigenvalue weighted by Crippen LogP contribution is 2.15. The molecule has 0 saturated carbocycles. The smallest absolute Gasteiger partial charge is 0.408 e. The molecule has 0 radical (unpaired) electrons. The quantitative estimate of drug-likeness (QED) is 0.641. The van der Waals surface area contributed by atoms with Gasteiger partial charge in [-0.05, 0) is 27.7 Å². The number of rotatable bonds is 2. The molecule has 0 unspecified atom stereocenters. The predicted molar refractivity (Wildman–Crippen MR) is 45.1 cm³/mol. The minimum absolute atomic E-state index is 0.536. The van der Waals surface area contributed by atoms with E-state index in [-0.39, 0.29) is 0 Å². The van der Waals surface area contributed by atoms with Crippen LogP contribution in [0, 0.1) is 0 Å². The van der Waals surface area contributed by atoms with Crippen LogP contribution in [0.3, 0.4) is 0 Å². The molecule has 4 heteroatoms. The van der Waals surface area contributed by atoms with Gasteiger partial charge in [-0.15, -0.1) is 0 Å². The van der Waals surface area contributed by atoms with Gasteiger partial charge in [-0.1, -0.05) is 0 Å². The minimum atomic E-state index is -1.07. The Bertz CT molecular complexity index is 183. The fourth-order valence-corrected chi connectivity index (χ4v) is 1.13. The van der Waals surface area contributed by atoms with Gasteiger partial charge in [-0.3, -0.25) is 4.90 Å². The van der Waals surface area contributed by atoms with Crippen LogP contribution >= 0.6 is 0 Å². The Hall–Kier alpha value is -1.06. The van der Waals surface area contributed by atoms with Crippen molar-refractivity contribution in [1.29, 1.82) is 0 Å². The van der Waals surface area contributed by atoms with E-state index in [1.165, 1.54) is 0 Å². The average molecular weight is 173 g/mol. The van der Waals surface area contributed by atoms with Crippen LogP contribution in [0.25, 0.3) is 0 Å². The van der Waals surface area contributed by atoms with E-state index in [0.29, 0.717) is 6.29 Å². The summed E-state index contributed by atoms with van der Waals surface area (Å²) in [7, 11) is 0. The minimum Gasteiger partial charge on any atom is -0.465 e. The van der Waals surface area contributed by atoms with E-state index in [0.717, 1.165) is 4.90 Å². The molecule has 0 spiro atoms. The van der Waals surface area contributed by atoms with Crippen LogP contribution in [-0.2, 0) is 4.79 Å². The number of amides is 1. The normalized spacial score (nSPS) is 13.7. The van der Waals surface area contributed by atoms with Crippen molar-refractivity contribution in [3.05, 3.63) is 0 Å². The molecule has 1 N–H and O–H groups in total. The van der Waals surface area contributed by atoms with Crippen molar-refractivity contribution in [2.24, 2.45) is 0 Å². The Morgan fingerprint density at radius 2 is 1.92 bits per heavy atom. The molecule has 1 amide bonds. The third-order valence-corrected chi connectivity index (χ3v) is 1.53. The van der Waals surface area contributed by atoms with E-state index < -0.39 is 17.7 Å². The molecule has 0 heterocycles. The van der Waals surface area contributed by atoms with Crippen LogP contribution in [0.4, 0.5) is 4.79 Å². The Morgan fingerprint density at radius 3 is 2.00 bits per heavy atom. The van der Waals surface area contributed by atoms with Gasteiger partial charge in [0, 0.05) is 5.54 Å². The number of aldehydes is 1. The Kier molecular flexibility index (Phi) is 3.24. The zero-order valence-electron chi connectivity index (χ0n) is 7.87. The highest BCUT2D eigenvalue weighted by atomic mass is 16.4. The molecule has 0 aromatic carbocycles. The Balaban J connectivity index is 4.67. The van der Waals surface area contributed by atoms with E-state index in [1.807, 2.05) is 0 Å². The summed E-state index contributed by atoms with van der Waals surface area (Å²) in [5.74, 6) is 0. The van der Waals surface area contributed by atoms with Crippen molar-refractivity contribution in [1.82, 2.24) is 4.90 Å². The maximum Gasteiger partial charge on any atom is 0.408 e. The third-order valence-electron chi connectivity index (χ3n) is 1.53. The van der Waals surface area contributed by atoms with E-state index in [4.69, 9.17) is 5.11 Å². The van der Waals surface area contributed by atoms with Crippen molar-refractivity contribution in [2.45, 2.75) is 39.3 Å². The zero-order chi connectivity index (χ0) is 9.94. The van der Waals surface area contributed by atoms with Crippen LogP contribution < -0.4 is 0 Å². The van der Waals surface area contributed by atoms with Crippen LogP contribution in [0.5, 0.6) is 0 Å². The van der Waals surface area contributed by atoms with Crippen LogP contribution in [-0.4, -0.2) is 34.0 Å². The van der Waals surface area contributed by atoms with Gasteiger partial charge in [0.1, 0.15) is 6.29 Å². The fourth-order valence-electron chi connectivity index (χ4n) is 1.13. The first-order valence-electron chi connectivity index (χ1n) is 3.78. The van der Waals surface area contributed by atoms with Gasteiger partial charge in [0.15, 0.2) is 0 Å². The first-order valence-corrected chi connectivity index (χ1v) is 3.78. The number of hydrogen-bond acceptors (Lipinski definition) is 2. The Labute approximate surface area is 72.2 Å². The summed E-state index contributed by atoms with van der Waals surface area (Å²) in [5, 5.41) is 8.78.